The van der Waals surface area contributed by atoms with Crippen LogP contribution in [0.25, 0.3) is 10.3 Å². The fourth-order valence-corrected chi connectivity index (χ4v) is 2.87. The molecule has 2 heterocycles. The van der Waals surface area contributed by atoms with Gasteiger partial charge in [-0.25, -0.2) is 15.0 Å². The molecule has 0 fully saturated rings. The number of thiazole rings is 1. The Morgan fingerprint density at radius 2 is 1.94 bits per heavy atom. The SMILES string of the molecule is CCc1nc(C(F)(F)F)nc2nc(SC)sc12. The largest absolute Gasteiger partial charge is 0.451 e. The molecule has 0 aromatic carbocycles. The molecule has 0 atom stereocenters. The molecule has 3 nitrogen and oxygen atoms in total. The van der Waals surface area contributed by atoms with Crippen LogP contribution in [0.2, 0.25) is 0 Å². The van der Waals surface area contributed by atoms with E-state index in [0.717, 1.165) is 0 Å². The van der Waals surface area contributed by atoms with Crippen LogP contribution in [0, 0.1) is 0 Å². The first-order chi connectivity index (χ1) is 7.95. The molecule has 0 amide bonds. The first-order valence-corrected chi connectivity index (χ1v) is 6.78. The monoisotopic (exact) mass is 279 g/mol. The Kier molecular flexibility index (Phi) is 3.26. The second-order valence-corrected chi connectivity index (χ2v) is 5.23. The van der Waals surface area contributed by atoms with E-state index < -0.39 is 12.0 Å². The summed E-state index contributed by atoms with van der Waals surface area (Å²) in [5.74, 6) is -1.11. The van der Waals surface area contributed by atoms with Gasteiger partial charge in [-0.3, -0.25) is 0 Å². The van der Waals surface area contributed by atoms with Crippen molar-refractivity contribution < 1.29 is 13.2 Å². The molecule has 17 heavy (non-hydrogen) atoms. The number of fused-ring (bicyclic) bond motifs is 1. The van der Waals surface area contributed by atoms with Crippen LogP contribution in [0.3, 0.4) is 0 Å². The van der Waals surface area contributed by atoms with Gasteiger partial charge in [0.2, 0.25) is 5.82 Å². The molecule has 2 rings (SSSR count). The van der Waals surface area contributed by atoms with E-state index >= 15 is 0 Å². The lowest BCUT2D eigenvalue weighted by Crippen LogP contribution is -2.12. The number of nitrogens with zero attached hydrogens (tertiary/aromatic N) is 3. The molecule has 0 saturated heterocycles. The Morgan fingerprint density at radius 3 is 2.47 bits per heavy atom. The zero-order valence-corrected chi connectivity index (χ0v) is 10.6. The molecule has 0 saturated carbocycles. The van der Waals surface area contributed by atoms with Crippen molar-refractivity contribution in [3.63, 3.8) is 0 Å². The van der Waals surface area contributed by atoms with Crippen molar-refractivity contribution in [2.45, 2.75) is 23.9 Å². The molecule has 2 aromatic heterocycles. The second kappa shape index (κ2) is 4.41. The first-order valence-electron chi connectivity index (χ1n) is 4.74. The molecule has 0 radical (unpaired) electrons. The summed E-state index contributed by atoms with van der Waals surface area (Å²) in [4.78, 5) is 11.1. The summed E-state index contributed by atoms with van der Waals surface area (Å²) in [6, 6.07) is 0. The van der Waals surface area contributed by atoms with Crippen molar-refractivity contribution >= 4 is 33.4 Å². The average Bonchev–Trinajstić information content (AvgIpc) is 2.69. The van der Waals surface area contributed by atoms with Crippen LogP contribution in [-0.2, 0) is 12.6 Å². The number of hydrogen-bond donors (Lipinski definition) is 0. The minimum absolute atomic E-state index is 0.138. The predicted molar refractivity (Wildman–Crippen MR) is 61.4 cm³/mol. The van der Waals surface area contributed by atoms with Crippen LogP contribution in [0.4, 0.5) is 13.2 Å². The molecule has 0 unspecified atom stereocenters. The Bertz CT molecular complexity index is 550. The highest BCUT2D eigenvalue weighted by atomic mass is 32.2. The molecule has 0 N–H and O–H groups in total. The smallest absolute Gasteiger partial charge is 0.228 e. The predicted octanol–water partition coefficient (Wildman–Crippen LogP) is 3.39. The van der Waals surface area contributed by atoms with Gasteiger partial charge in [-0.2, -0.15) is 13.2 Å². The van der Waals surface area contributed by atoms with Gasteiger partial charge in [-0.05, 0) is 12.7 Å². The summed E-state index contributed by atoms with van der Waals surface area (Å²) in [6.07, 6.45) is -2.28. The van der Waals surface area contributed by atoms with Crippen molar-refractivity contribution in [3.05, 3.63) is 11.5 Å². The molecule has 0 spiro atoms. The van der Waals surface area contributed by atoms with Crippen molar-refractivity contribution in [2.24, 2.45) is 0 Å². The molecular weight excluding hydrogens is 271 g/mol. The third kappa shape index (κ3) is 2.37. The van der Waals surface area contributed by atoms with Gasteiger partial charge in [-0.1, -0.05) is 18.7 Å². The second-order valence-electron chi connectivity index (χ2n) is 3.18. The van der Waals surface area contributed by atoms with Crippen molar-refractivity contribution in [1.82, 2.24) is 15.0 Å². The molecular formula is C9H8F3N3S2. The Morgan fingerprint density at radius 1 is 1.24 bits per heavy atom. The van der Waals surface area contributed by atoms with E-state index in [2.05, 4.69) is 15.0 Å². The van der Waals surface area contributed by atoms with Gasteiger partial charge < -0.3 is 0 Å². The minimum Gasteiger partial charge on any atom is -0.228 e. The molecule has 2 aromatic rings. The lowest BCUT2D eigenvalue weighted by atomic mass is 10.3. The van der Waals surface area contributed by atoms with Gasteiger partial charge in [-0.15, -0.1) is 11.3 Å². The van der Waals surface area contributed by atoms with E-state index in [1.54, 1.807) is 6.92 Å². The van der Waals surface area contributed by atoms with E-state index in [9.17, 15) is 13.2 Å². The van der Waals surface area contributed by atoms with Gasteiger partial charge in [0.1, 0.15) is 0 Å². The highest BCUT2D eigenvalue weighted by Gasteiger charge is 2.35. The molecule has 0 aliphatic heterocycles. The number of aromatic nitrogens is 3. The number of rotatable bonds is 2. The van der Waals surface area contributed by atoms with E-state index in [0.29, 0.717) is 21.2 Å². The average molecular weight is 279 g/mol. The van der Waals surface area contributed by atoms with Crippen LogP contribution < -0.4 is 0 Å². The van der Waals surface area contributed by atoms with E-state index in [1.165, 1.54) is 23.1 Å². The maximum absolute atomic E-state index is 12.6. The zero-order chi connectivity index (χ0) is 12.6. The Hall–Kier alpha value is -0.890. The van der Waals surface area contributed by atoms with Crippen LogP contribution in [0.15, 0.2) is 4.34 Å². The van der Waals surface area contributed by atoms with Crippen LogP contribution in [0.1, 0.15) is 18.4 Å². The highest BCUT2D eigenvalue weighted by Crippen LogP contribution is 2.33. The summed E-state index contributed by atoms with van der Waals surface area (Å²) in [7, 11) is 0. The number of hydrogen-bond acceptors (Lipinski definition) is 5. The summed E-state index contributed by atoms with van der Waals surface area (Å²) in [5, 5.41) is 0. The van der Waals surface area contributed by atoms with Crippen LogP contribution >= 0.6 is 23.1 Å². The molecule has 0 aliphatic carbocycles. The standard InChI is InChI=1S/C9H8F3N3S2/c1-3-4-5-6(15-8(16-2)17-5)14-7(13-4)9(10,11)12/h3H2,1-2H3. The third-order valence-corrected chi connectivity index (χ3v) is 4.15. The summed E-state index contributed by atoms with van der Waals surface area (Å²) < 4.78 is 39.0. The molecule has 0 aliphatic rings. The van der Waals surface area contributed by atoms with E-state index in [-0.39, 0.29) is 5.65 Å². The highest BCUT2D eigenvalue weighted by molar-refractivity contribution is 8.00. The van der Waals surface area contributed by atoms with E-state index in [1.807, 2.05) is 6.26 Å². The summed E-state index contributed by atoms with van der Waals surface area (Å²) >= 11 is 2.71. The molecule has 8 heteroatoms. The topological polar surface area (TPSA) is 38.7 Å². The Labute approximate surface area is 103 Å². The van der Waals surface area contributed by atoms with Crippen LogP contribution in [0.5, 0.6) is 0 Å². The Balaban J connectivity index is 2.68. The maximum Gasteiger partial charge on any atom is 0.451 e. The number of aryl methyl sites for hydroxylation is 1. The fraction of sp³-hybridized carbons (Fsp3) is 0.444. The minimum atomic E-state index is -4.53. The quantitative estimate of drug-likeness (QED) is 0.790. The van der Waals surface area contributed by atoms with Gasteiger partial charge in [0.05, 0.1) is 10.4 Å². The van der Waals surface area contributed by atoms with Gasteiger partial charge in [0.25, 0.3) is 0 Å². The fourth-order valence-electron chi connectivity index (χ4n) is 1.31. The summed E-state index contributed by atoms with van der Waals surface area (Å²) in [5.41, 5.74) is 0.540. The maximum atomic E-state index is 12.6. The lowest BCUT2D eigenvalue weighted by molar-refractivity contribution is -0.144. The number of halogens is 3. The molecule has 92 valence electrons. The number of thioether (sulfide) groups is 1. The van der Waals surface area contributed by atoms with Crippen molar-refractivity contribution in [2.75, 3.05) is 6.26 Å². The first kappa shape index (κ1) is 12.6. The van der Waals surface area contributed by atoms with Crippen molar-refractivity contribution in [3.8, 4) is 0 Å². The molecule has 0 bridgehead atoms. The summed E-state index contributed by atoms with van der Waals surface area (Å²) in [6.45, 7) is 1.76. The van der Waals surface area contributed by atoms with Crippen molar-refractivity contribution in [1.29, 1.82) is 0 Å². The number of alkyl halides is 3. The van der Waals surface area contributed by atoms with Gasteiger partial charge >= 0.3 is 6.18 Å². The zero-order valence-electron chi connectivity index (χ0n) is 9.00. The van der Waals surface area contributed by atoms with E-state index in [4.69, 9.17) is 0 Å². The normalized spacial score (nSPS) is 12.3. The third-order valence-electron chi connectivity index (χ3n) is 2.07. The van der Waals surface area contributed by atoms with Crippen LogP contribution in [-0.4, -0.2) is 21.2 Å². The lowest BCUT2D eigenvalue weighted by Gasteiger charge is -2.05. The van der Waals surface area contributed by atoms with Gasteiger partial charge in [0.15, 0.2) is 9.99 Å². The van der Waals surface area contributed by atoms with Gasteiger partial charge in [0, 0.05) is 0 Å².